The van der Waals surface area contributed by atoms with Gasteiger partial charge in [-0.1, -0.05) is 6.92 Å². The standard InChI is InChI=1S/C8H18N2/c1-3-9-6-7-10(2)8-4-5-8/h8-9H,3-7H2,1-2H3. The first-order valence-corrected chi connectivity index (χ1v) is 4.25. The van der Waals surface area contributed by atoms with Crippen LogP contribution in [0.3, 0.4) is 0 Å². The number of nitrogens with zero attached hydrogens (tertiary/aromatic N) is 1. The molecule has 0 aromatic carbocycles. The molecule has 0 unspecified atom stereocenters. The highest BCUT2D eigenvalue weighted by Gasteiger charge is 2.25. The van der Waals surface area contributed by atoms with Crippen LogP contribution in [0.2, 0.25) is 0 Å². The summed E-state index contributed by atoms with van der Waals surface area (Å²) in [4.78, 5) is 2.45. The maximum atomic E-state index is 3.32. The molecule has 1 fully saturated rings. The molecule has 0 aliphatic heterocycles. The van der Waals surface area contributed by atoms with Gasteiger partial charge in [0, 0.05) is 19.1 Å². The second-order valence-corrected chi connectivity index (χ2v) is 3.07. The molecule has 0 heterocycles. The number of hydrogen-bond acceptors (Lipinski definition) is 2. The predicted molar refractivity (Wildman–Crippen MR) is 44.2 cm³/mol. The van der Waals surface area contributed by atoms with Gasteiger partial charge in [-0.2, -0.15) is 0 Å². The fraction of sp³-hybridized carbons (Fsp3) is 1.00. The highest BCUT2D eigenvalue weighted by molar-refractivity contribution is 4.82. The number of likely N-dealkylation sites (N-methyl/N-ethyl adjacent to an activating group) is 2. The summed E-state index contributed by atoms with van der Waals surface area (Å²) in [5, 5.41) is 3.32. The third kappa shape index (κ3) is 2.67. The van der Waals surface area contributed by atoms with Crippen LogP contribution in [-0.4, -0.2) is 37.6 Å². The van der Waals surface area contributed by atoms with Crippen molar-refractivity contribution in [1.29, 1.82) is 0 Å². The molecule has 2 nitrogen and oxygen atoms in total. The highest BCUT2D eigenvalue weighted by atomic mass is 15.2. The number of rotatable bonds is 5. The lowest BCUT2D eigenvalue weighted by molar-refractivity contribution is 0.323. The van der Waals surface area contributed by atoms with Crippen LogP contribution in [-0.2, 0) is 0 Å². The van der Waals surface area contributed by atoms with Crippen LogP contribution in [0, 0.1) is 0 Å². The van der Waals surface area contributed by atoms with E-state index in [2.05, 4.69) is 24.2 Å². The van der Waals surface area contributed by atoms with E-state index in [1.54, 1.807) is 0 Å². The summed E-state index contributed by atoms with van der Waals surface area (Å²) in [7, 11) is 2.22. The van der Waals surface area contributed by atoms with Crippen LogP contribution in [0.1, 0.15) is 19.8 Å². The van der Waals surface area contributed by atoms with Crippen molar-refractivity contribution in [2.24, 2.45) is 0 Å². The van der Waals surface area contributed by atoms with E-state index in [4.69, 9.17) is 0 Å². The van der Waals surface area contributed by atoms with Gasteiger partial charge in [-0.25, -0.2) is 0 Å². The smallest absolute Gasteiger partial charge is 0.0107 e. The molecule has 10 heavy (non-hydrogen) atoms. The topological polar surface area (TPSA) is 15.3 Å². The van der Waals surface area contributed by atoms with Gasteiger partial charge in [-0.05, 0) is 26.4 Å². The molecule has 1 saturated carbocycles. The van der Waals surface area contributed by atoms with E-state index in [-0.39, 0.29) is 0 Å². The van der Waals surface area contributed by atoms with E-state index in [0.29, 0.717) is 0 Å². The van der Waals surface area contributed by atoms with E-state index >= 15 is 0 Å². The predicted octanol–water partition coefficient (Wildman–Crippen LogP) is 0.690. The molecule has 1 N–H and O–H groups in total. The van der Waals surface area contributed by atoms with Crippen LogP contribution in [0.5, 0.6) is 0 Å². The van der Waals surface area contributed by atoms with Crippen LogP contribution in [0.4, 0.5) is 0 Å². The molecule has 1 rings (SSSR count). The zero-order valence-electron chi connectivity index (χ0n) is 7.06. The molecule has 60 valence electrons. The third-order valence-electron chi connectivity index (χ3n) is 2.06. The quantitative estimate of drug-likeness (QED) is 0.568. The summed E-state index contributed by atoms with van der Waals surface area (Å²) in [6.07, 6.45) is 2.84. The van der Waals surface area contributed by atoms with Crippen molar-refractivity contribution < 1.29 is 0 Å². The van der Waals surface area contributed by atoms with Crippen LogP contribution in [0.15, 0.2) is 0 Å². The van der Waals surface area contributed by atoms with E-state index in [9.17, 15) is 0 Å². The Hall–Kier alpha value is -0.0800. The Labute approximate surface area is 63.6 Å². The fourth-order valence-electron chi connectivity index (χ4n) is 1.13. The lowest BCUT2D eigenvalue weighted by atomic mass is 10.5. The molecule has 0 spiro atoms. The van der Waals surface area contributed by atoms with Crippen molar-refractivity contribution >= 4 is 0 Å². The minimum atomic E-state index is 0.915. The average Bonchev–Trinajstić information content (AvgIpc) is 2.69. The van der Waals surface area contributed by atoms with Gasteiger partial charge >= 0.3 is 0 Å². The minimum Gasteiger partial charge on any atom is -0.316 e. The summed E-state index contributed by atoms with van der Waals surface area (Å²) >= 11 is 0. The Balaban J connectivity index is 1.90. The molecule has 0 atom stereocenters. The van der Waals surface area contributed by atoms with Crippen LogP contribution in [0.25, 0.3) is 0 Å². The molecule has 0 saturated heterocycles. The van der Waals surface area contributed by atoms with Gasteiger partial charge in [-0.3, -0.25) is 0 Å². The summed E-state index contributed by atoms with van der Waals surface area (Å²) < 4.78 is 0. The van der Waals surface area contributed by atoms with E-state index in [1.807, 2.05) is 0 Å². The van der Waals surface area contributed by atoms with Crippen molar-refractivity contribution in [3.8, 4) is 0 Å². The highest BCUT2D eigenvalue weighted by Crippen LogP contribution is 2.24. The zero-order valence-corrected chi connectivity index (χ0v) is 7.06. The fourth-order valence-corrected chi connectivity index (χ4v) is 1.13. The van der Waals surface area contributed by atoms with Gasteiger partial charge in [0.15, 0.2) is 0 Å². The molecule has 1 aliphatic carbocycles. The normalized spacial score (nSPS) is 18.3. The van der Waals surface area contributed by atoms with Gasteiger partial charge in [0.2, 0.25) is 0 Å². The Morgan fingerprint density at radius 1 is 1.50 bits per heavy atom. The Morgan fingerprint density at radius 2 is 2.20 bits per heavy atom. The van der Waals surface area contributed by atoms with Crippen molar-refractivity contribution in [3.63, 3.8) is 0 Å². The first kappa shape index (κ1) is 8.02. The summed E-state index contributed by atoms with van der Waals surface area (Å²) in [5.41, 5.74) is 0. The van der Waals surface area contributed by atoms with Gasteiger partial charge in [0.1, 0.15) is 0 Å². The van der Waals surface area contributed by atoms with Gasteiger partial charge in [-0.15, -0.1) is 0 Å². The SMILES string of the molecule is CCNCCN(C)C1CC1. The van der Waals surface area contributed by atoms with Gasteiger partial charge in [0.25, 0.3) is 0 Å². The van der Waals surface area contributed by atoms with E-state index < -0.39 is 0 Å². The molecule has 0 aromatic heterocycles. The largest absolute Gasteiger partial charge is 0.316 e. The monoisotopic (exact) mass is 142 g/mol. The Kier molecular flexibility index (Phi) is 3.16. The summed E-state index contributed by atoms with van der Waals surface area (Å²) in [6.45, 7) is 5.59. The average molecular weight is 142 g/mol. The number of nitrogens with one attached hydrogen (secondary N) is 1. The molecular formula is C8H18N2. The van der Waals surface area contributed by atoms with Gasteiger partial charge < -0.3 is 10.2 Å². The van der Waals surface area contributed by atoms with Crippen LogP contribution < -0.4 is 5.32 Å². The molecule has 2 heteroatoms. The molecule has 0 bridgehead atoms. The van der Waals surface area contributed by atoms with E-state index in [0.717, 1.165) is 19.1 Å². The van der Waals surface area contributed by atoms with Crippen LogP contribution >= 0.6 is 0 Å². The summed E-state index contributed by atoms with van der Waals surface area (Å²) in [6, 6.07) is 0.915. The molecule has 1 aliphatic rings. The lowest BCUT2D eigenvalue weighted by Gasteiger charge is -2.14. The number of hydrogen-bond donors (Lipinski definition) is 1. The van der Waals surface area contributed by atoms with Crippen molar-refractivity contribution in [2.45, 2.75) is 25.8 Å². The first-order chi connectivity index (χ1) is 4.84. The van der Waals surface area contributed by atoms with Crippen molar-refractivity contribution in [3.05, 3.63) is 0 Å². The first-order valence-electron chi connectivity index (χ1n) is 4.25. The molecule has 0 radical (unpaired) electrons. The van der Waals surface area contributed by atoms with Crippen molar-refractivity contribution in [1.82, 2.24) is 10.2 Å². The maximum Gasteiger partial charge on any atom is 0.0107 e. The molecule has 0 amide bonds. The Morgan fingerprint density at radius 3 is 2.70 bits per heavy atom. The maximum absolute atomic E-state index is 3.32. The minimum absolute atomic E-state index is 0.915. The third-order valence-corrected chi connectivity index (χ3v) is 2.06. The lowest BCUT2D eigenvalue weighted by Crippen LogP contribution is -2.30. The molecular weight excluding hydrogens is 124 g/mol. The van der Waals surface area contributed by atoms with Crippen molar-refractivity contribution in [2.75, 3.05) is 26.7 Å². The zero-order chi connectivity index (χ0) is 7.40. The molecule has 0 aromatic rings. The second-order valence-electron chi connectivity index (χ2n) is 3.07. The Bertz CT molecular complexity index is 89.3. The van der Waals surface area contributed by atoms with Gasteiger partial charge in [0.05, 0.1) is 0 Å². The summed E-state index contributed by atoms with van der Waals surface area (Å²) in [5.74, 6) is 0. The van der Waals surface area contributed by atoms with E-state index in [1.165, 1.54) is 19.4 Å². The second kappa shape index (κ2) is 3.94.